The highest BCUT2D eigenvalue weighted by atomic mass is 19.1. The third kappa shape index (κ3) is 7.14. The van der Waals surface area contributed by atoms with Crippen molar-refractivity contribution in [3.05, 3.63) is 71.7 Å². The number of aromatic nitrogens is 2. The molecule has 0 saturated carbocycles. The molecule has 180 valence electrons. The molecule has 0 aliphatic carbocycles. The molecule has 0 aliphatic rings. The van der Waals surface area contributed by atoms with Gasteiger partial charge in [0.15, 0.2) is 0 Å². The number of terminal acetylenes is 1. The lowest BCUT2D eigenvalue weighted by molar-refractivity contribution is 0.0206. The highest BCUT2D eigenvalue weighted by molar-refractivity contribution is 5.43. The van der Waals surface area contributed by atoms with Gasteiger partial charge >= 0.3 is 0 Å². The number of aryl methyl sites for hydroxylation is 1. The van der Waals surface area contributed by atoms with Gasteiger partial charge in [-0.15, -0.1) is 6.42 Å². The molecule has 1 N–H and O–H groups in total. The Hall–Kier alpha value is -3.22. The van der Waals surface area contributed by atoms with Gasteiger partial charge in [0.1, 0.15) is 18.2 Å². The number of methoxy groups -OCH3 is 1. The second-order valence-corrected chi connectivity index (χ2v) is 7.77. The molecule has 0 bridgehead atoms. The summed E-state index contributed by atoms with van der Waals surface area (Å²) < 4.78 is 31.9. The first-order valence-corrected chi connectivity index (χ1v) is 11.0. The number of benzene rings is 2. The summed E-state index contributed by atoms with van der Waals surface area (Å²) in [5.41, 5.74) is 2.46. The van der Waals surface area contributed by atoms with Crippen molar-refractivity contribution in [2.24, 2.45) is 0 Å². The Labute approximate surface area is 199 Å². The molecule has 1 heterocycles. The van der Waals surface area contributed by atoms with E-state index in [-0.39, 0.29) is 19.0 Å². The summed E-state index contributed by atoms with van der Waals surface area (Å²) in [6, 6.07) is 15.5. The predicted octanol–water partition coefficient (Wildman–Crippen LogP) is 3.57. The summed E-state index contributed by atoms with van der Waals surface area (Å²) in [4.78, 5) is 2.05. The topological polar surface area (TPSA) is 69.0 Å². The molecule has 3 aromatic rings. The van der Waals surface area contributed by atoms with E-state index in [1.165, 1.54) is 12.1 Å². The summed E-state index contributed by atoms with van der Waals surface area (Å²) >= 11 is 0. The van der Waals surface area contributed by atoms with E-state index in [2.05, 4.69) is 5.92 Å². The molecule has 3 rings (SSSR count). The van der Waals surface area contributed by atoms with Crippen molar-refractivity contribution < 1.29 is 23.7 Å². The van der Waals surface area contributed by atoms with Gasteiger partial charge in [0.2, 0.25) is 5.88 Å². The standard InChI is InChI=1S/C26H30FN3O4/c1-4-15-33-19-23(31)17-29(14-16-32-3)18-25-20(2)28-30(22-8-6-5-7-9-22)26(25)34-24-12-10-21(27)11-13-24/h1,5-13,23,31H,14-19H2,2-3H3. The van der Waals surface area contributed by atoms with E-state index in [0.717, 1.165) is 16.9 Å². The average Bonchev–Trinajstić information content (AvgIpc) is 3.14. The number of aliphatic hydroxyl groups excluding tert-OH is 1. The first-order valence-electron chi connectivity index (χ1n) is 11.0. The van der Waals surface area contributed by atoms with Gasteiger partial charge in [-0.1, -0.05) is 24.1 Å². The van der Waals surface area contributed by atoms with Gasteiger partial charge in [0, 0.05) is 26.7 Å². The minimum Gasteiger partial charge on any atom is -0.439 e. The monoisotopic (exact) mass is 467 g/mol. The first-order chi connectivity index (χ1) is 16.5. The van der Waals surface area contributed by atoms with Crippen LogP contribution in [0.15, 0.2) is 54.6 Å². The molecule has 1 aromatic heterocycles. The number of nitrogens with zero attached hydrogens (tertiary/aromatic N) is 3. The van der Waals surface area contributed by atoms with Crippen molar-refractivity contribution in [1.82, 2.24) is 14.7 Å². The first kappa shape index (κ1) is 25.4. The van der Waals surface area contributed by atoms with E-state index in [1.54, 1.807) is 23.9 Å². The maximum Gasteiger partial charge on any atom is 0.227 e. The van der Waals surface area contributed by atoms with Gasteiger partial charge < -0.3 is 19.3 Å². The van der Waals surface area contributed by atoms with E-state index in [0.29, 0.717) is 37.9 Å². The average molecular weight is 468 g/mol. The van der Waals surface area contributed by atoms with Gasteiger partial charge in [0.05, 0.1) is 36.3 Å². The van der Waals surface area contributed by atoms with Gasteiger partial charge in [-0.05, 0) is 43.3 Å². The van der Waals surface area contributed by atoms with E-state index >= 15 is 0 Å². The van der Waals surface area contributed by atoms with Crippen molar-refractivity contribution in [3.8, 4) is 29.7 Å². The van der Waals surface area contributed by atoms with Gasteiger partial charge in [0.25, 0.3) is 0 Å². The predicted molar refractivity (Wildman–Crippen MR) is 128 cm³/mol. The molecule has 1 unspecified atom stereocenters. The Kier molecular flexibility index (Phi) is 9.62. The molecular weight excluding hydrogens is 437 g/mol. The normalized spacial score (nSPS) is 12.0. The van der Waals surface area contributed by atoms with Crippen LogP contribution in [0.2, 0.25) is 0 Å². The Morgan fingerprint density at radius 2 is 1.91 bits per heavy atom. The van der Waals surface area contributed by atoms with Crippen LogP contribution >= 0.6 is 0 Å². The summed E-state index contributed by atoms with van der Waals surface area (Å²) in [5, 5.41) is 15.2. The smallest absolute Gasteiger partial charge is 0.227 e. The van der Waals surface area contributed by atoms with Gasteiger partial charge in [-0.3, -0.25) is 4.90 Å². The van der Waals surface area contributed by atoms with E-state index in [1.807, 2.05) is 42.2 Å². The van der Waals surface area contributed by atoms with Crippen molar-refractivity contribution in [3.63, 3.8) is 0 Å². The maximum atomic E-state index is 13.4. The Bertz CT molecular complexity index is 1060. The molecule has 8 heteroatoms. The summed E-state index contributed by atoms with van der Waals surface area (Å²) in [6.07, 6.45) is 4.49. The lowest BCUT2D eigenvalue weighted by Crippen LogP contribution is -2.36. The molecule has 0 radical (unpaired) electrons. The molecule has 7 nitrogen and oxygen atoms in total. The minimum absolute atomic E-state index is 0.134. The zero-order chi connectivity index (χ0) is 24.3. The second kappa shape index (κ2) is 12.9. The molecule has 34 heavy (non-hydrogen) atoms. The molecule has 0 spiro atoms. The van der Waals surface area contributed by atoms with Crippen molar-refractivity contribution >= 4 is 0 Å². The van der Waals surface area contributed by atoms with Crippen LogP contribution in [0.1, 0.15) is 11.3 Å². The van der Waals surface area contributed by atoms with Gasteiger partial charge in [-0.2, -0.15) is 5.10 Å². The fraction of sp³-hybridized carbons (Fsp3) is 0.346. The zero-order valence-electron chi connectivity index (χ0n) is 19.5. The fourth-order valence-electron chi connectivity index (χ4n) is 3.47. The van der Waals surface area contributed by atoms with Gasteiger partial charge in [-0.25, -0.2) is 9.07 Å². The van der Waals surface area contributed by atoms with Crippen LogP contribution in [0.4, 0.5) is 4.39 Å². The lowest BCUT2D eigenvalue weighted by atomic mass is 10.2. The Morgan fingerprint density at radius 1 is 1.18 bits per heavy atom. The van der Waals surface area contributed by atoms with Crippen LogP contribution in [0.5, 0.6) is 11.6 Å². The largest absolute Gasteiger partial charge is 0.439 e. The lowest BCUT2D eigenvalue weighted by Gasteiger charge is -2.25. The SMILES string of the molecule is C#CCOCC(O)CN(CCOC)Cc1c(C)nn(-c2ccccc2)c1Oc1ccc(F)cc1. The van der Waals surface area contributed by atoms with Crippen LogP contribution in [0.3, 0.4) is 0 Å². The molecule has 0 amide bonds. The quantitative estimate of drug-likeness (QED) is 0.306. The molecular formula is C26H30FN3O4. The molecule has 0 saturated heterocycles. The number of halogens is 1. The summed E-state index contributed by atoms with van der Waals surface area (Å²) in [7, 11) is 1.63. The third-order valence-electron chi connectivity index (χ3n) is 5.12. The molecule has 2 aromatic carbocycles. The molecule has 0 fully saturated rings. The van der Waals surface area contributed by atoms with E-state index < -0.39 is 6.10 Å². The number of aliphatic hydroxyl groups is 1. The molecule has 0 aliphatic heterocycles. The Morgan fingerprint density at radius 3 is 2.59 bits per heavy atom. The van der Waals surface area contributed by atoms with Crippen molar-refractivity contribution in [1.29, 1.82) is 0 Å². The minimum atomic E-state index is -0.726. The Balaban J connectivity index is 1.91. The van der Waals surface area contributed by atoms with Crippen LogP contribution in [-0.4, -0.2) is 65.9 Å². The number of hydrogen-bond donors (Lipinski definition) is 1. The van der Waals surface area contributed by atoms with Crippen LogP contribution in [-0.2, 0) is 16.0 Å². The highest BCUT2D eigenvalue weighted by Gasteiger charge is 2.22. The summed E-state index contributed by atoms with van der Waals surface area (Å²) in [6.45, 7) is 4.05. The number of rotatable bonds is 13. The second-order valence-electron chi connectivity index (χ2n) is 7.77. The van der Waals surface area contributed by atoms with E-state index in [9.17, 15) is 9.50 Å². The number of ether oxygens (including phenoxy) is 3. The zero-order valence-corrected chi connectivity index (χ0v) is 19.5. The number of para-hydroxylation sites is 1. The fourth-order valence-corrected chi connectivity index (χ4v) is 3.47. The van der Waals surface area contributed by atoms with Crippen molar-refractivity contribution in [2.45, 2.75) is 19.6 Å². The maximum absolute atomic E-state index is 13.4. The number of hydrogen-bond acceptors (Lipinski definition) is 6. The van der Waals surface area contributed by atoms with Crippen LogP contribution in [0.25, 0.3) is 5.69 Å². The van der Waals surface area contributed by atoms with Crippen molar-refractivity contribution in [2.75, 3.05) is 40.0 Å². The van der Waals surface area contributed by atoms with E-state index in [4.69, 9.17) is 25.7 Å². The van der Waals surface area contributed by atoms with Crippen LogP contribution in [0, 0.1) is 25.1 Å². The highest BCUT2D eigenvalue weighted by Crippen LogP contribution is 2.31. The van der Waals surface area contributed by atoms with Crippen LogP contribution < -0.4 is 4.74 Å². The third-order valence-corrected chi connectivity index (χ3v) is 5.12. The summed E-state index contributed by atoms with van der Waals surface area (Å²) in [5.74, 6) is 3.07. The molecule has 1 atom stereocenters.